The van der Waals surface area contributed by atoms with E-state index in [1.54, 1.807) is 6.08 Å². The van der Waals surface area contributed by atoms with E-state index in [4.69, 9.17) is 9.16 Å². The summed E-state index contributed by atoms with van der Waals surface area (Å²) < 4.78 is 11.9. The van der Waals surface area contributed by atoms with Crippen molar-refractivity contribution in [2.75, 3.05) is 0 Å². The van der Waals surface area contributed by atoms with Gasteiger partial charge in [0.25, 0.3) is 0 Å². The van der Waals surface area contributed by atoms with Crippen LogP contribution in [0.4, 0.5) is 4.79 Å². The van der Waals surface area contributed by atoms with Gasteiger partial charge in [-0.2, -0.15) is 0 Å². The molecule has 1 aromatic rings. The van der Waals surface area contributed by atoms with Crippen molar-refractivity contribution in [2.24, 2.45) is 5.92 Å². The van der Waals surface area contributed by atoms with Gasteiger partial charge >= 0.3 is 6.09 Å². The topological polar surface area (TPSA) is 47.6 Å². The van der Waals surface area contributed by atoms with E-state index in [2.05, 4.69) is 37.6 Å². The number of rotatable bonds is 7. The molecule has 0 aromatic heterocycles. The number of allylic oxidation sites excluding steroid dienone is 1. The third-order valence-electron chi connectivity index (χ3n) is 4.36. The summed E-state index contributed by atoms with van der Waals surface area (Å²) in [6.07, 6.45) is 6.07. The molecule has 1 N–H and O–H groups in total. The predicted molar refractivity (Wildman–Crippen MR) is 108 cm³/mol. The minimum atomic E-state index is -1.71. The molecule has 0 fully saturated rings. The monoisotopic (exact) mass is 373 g/mol. The zero-order valence-corrected chi connectivity index (χ0v) is 17.3. The molecule has 0 radical (unpaired) electrons. The van der Waals surface area contributed by atoms with Crippen LogP contribution in [0.25, 0.3) is 0 Å². The van der Waals surface area contributed by atoms with Crippen LogP contribution < -0.4 is 5.32 Å². The average molecular weight is 374 g/mol. The van der Waals surface area contributed by atoms with Crippen LogP contribution in [0, 0.1) is 5.92 Å². The largest absolute Gasteiger partial charge is 0.547 e. The van der Waals surface area contributed by atoms with E-state index < -0.39 is 14.4 Å². The molecule has 1 aromatic carbocycles. The predicted octanol–water partition coefficient (Wildman–Crippen LogP) is 5.56. The van der Waals surface area contributed by atoms with Crippen molar-refractivity contribution in [3.05, 3.63) is 60.4 Å². The zero-order chi connectivity index (χ0) is 19.2. The highest BCUT2D eigenvalue weighted by atomic mass is 28.4. The first-order valence-electron chi connectivity index (χ1n) is 9.34. The summed E-state index contributed by atoms with van der Waals surface area (Å²) in [5.74, 6) is 1.01. The lowest BCUT2D eigenvalue weighted by Gasteiger charge is -2.33. The highest BCUT2D eigenvalue weighted by Gasteiger charge is 2.32. The molecule has 1 aliphatic carbocycles. The minimum absolute atomic E-state index is 0.0470. The summed E-state index contributed by atoms with van der Waals surface area (Å²) in [6.45, 7) is 12.3. The number of hydrogen-bond donors (Lipinski definition) is 1. The van der Waals surface area contributed by atoms with Crippen molar-refractivity contribution in [2.45, 2.75) is 58.0 Å². The molecule has 0 unspecified atom stereocenters. The first-order chi connectivity index (χ1) is 12.3. The van der Waals surface area contributed by atoms with E-state index in [9.17, 15) is 4.79 Å². The molecule has 0 saturated carbocycles. The standard InChI is InChI=1S/C21H31NO3Si/c1-6-19(18-14-10-11-15-20(18)25-26(3,4)5)24-21(23)22-16(2)17-12-8-7-9-13-17/h6-9,12-13,15-16,18-19H,1,10-11,14H2,2-5H3,(H,22,23)/t16-,18+,19+/m0/s1. The van der Waals surface area contributed by atoms with Gasteiger partial charge in [0.05, 0.1) is 17.7 Å². The van der Waals surface area contributed by atoms with Gasteiger partial charge in [0.2, 0.25) is 8.32 Å². The summed E-state index contributed by atoms with van der Waals surface area (Å²) in [5.41, 5.74) is 1.04. The lowest BCUT2D eigenvalue weighted by Crippen LogP contribution is -2.37. The quantitative estimate of drug-likeness (QED) is 0.502. The van der Waals surface area contributed by atoms with Crippen LogP contribution >= 0.6 is 0 Å². The number of nitrogens with one attached hydrogen (secondary N) is 1. The summed E-state index contributed by atoms with van der Waals surface area (Å²) in [4.78, 5) is 12.4. The normalized spacial score (nSPS) is 19.7. The maximum absolute atomic E-state index is 12.4. The fourth-order valence-electron chi connectivity index (χ4n) is 3.13. The van der Waals surface area contributed by atoms with Crippen LogP contribution in [-0.4, -0.2) is 20.5 Å². The number of hydrogen-bond acceptors (Lipinski definition) is 3. The van der Waals surface area contributed by atoms with Crippen LogP contribution in [0.2, 0.25) is 19.6 Å². The molecule has 4 nitrogen and oxygen atoms in total. The van der Waals surface area contributed by atoms with Gasteiger partial charge < -0.3 is 14.5 Å². The van der Waals surface area contributed by atoms with E-state index >= 15 is 0 Å². The van der Waals surface area contributed by atoms with E-state index in [1.165, 1.54) is 0 Å². The number of alkyl carbamates (subject to hydrolysis) is 1. The molecule has 0 spiro atoms. The van der Waals surface area contributed by atoms with Crippen LogP contribution in [0.3, 0.4) is 0 Å². The third kappa shape index (κ3) is 6.06. The molecule has 2 rings (SSSR count). The first kappa shape index (κ1) is 20.3. The second-order valence-corrected chi connectivity index (χ2v) is 12.2. The van der Waals surface area contributed by atoms with Gasteiger partial charge in [-0.05, 0) is 57.5 Å². The molecule has 5 heteroatoms. The summed E-state index contributed by atoms with van der Waals surface area (Å²) in [6, 6.07) is 9.72. The Morgan fingerprint density at radius 1 is 1.31 bits per heavy atom. The molecule has 1 aliphatic rings. The Kier molecular flexibility index (Phi) is 7.09. The van der Waals surface area contributed by atoms with E-state index in [1.807, 2.05) is 37.3 Å². The minimum Gasteiger partial charge on any atom is -0.547 e. The first-order valence-corrected chi connectivity index (χ1v) is 12.7. The molecule has 3 atom stereocenters. The van der Waals surface area contributed by atoms with Crippen molar-refractivity contribution >= 4 is 14.4 Å². The van der Waals surface area contributed by atoms with Gasteiger partial charge in [-0.1, -0.05) is 43.0 Å². The second-order valence-electron chi connectivity index (χ2n) is 7.74. The van der Waals surface area contributed by atoms with Crippen molar-refractivity contribution < 1.29 is 14.0 Å². The van der Waals surface area contributed by atoms with Crippen LogP contribution in [0.5, 0.6) is 0 Å². The Hall–Kier alpha value is -2.01. The van der Waals surface area contributed by atoms with Gasteiger partial charge in [0, 0.05) is 0 Å². The summed E-state index contributed by atoms with van der Waals surface area (Å²) >= 11 is 0. The Labute approximate surface area is 158 Å². The van der Waals surface area contributed by atoms with Gasteiger partial charge in [0.1, 0.15) is 6.10 Å². The summed E-state index contributed by atoms with van der Waals surface area (Å²) in [7, 11) is -1.71. The zero-order valence-electron chi connectivity index (χ0n) is 16.3. The molecule has 142 valence electrons. The SMILES string of the molecule is C=C[C@@H](OC(=O)N[C@@H](C)c1ccccc1)[C@H]1CCCC=C1O[Si](C)(C)C. The van der Waals surface area contributed by atoms with Crippen molar-refractivity contribution in [1.82, 2.24) is 5.32 Å². The van der Waals surface area contributed by atoms with Crippen molar-refractivity contribution in [3.63, 3.8) is 0 Å². The highest BCUT2D eigenvalue weighted by Crippen LogP contribution is 2.32. The molecule has 0 saturated heterocycles. The number of carbonyl (C=O) groups is 1. The average Bonchev–Trinajstić information content (AvgIpc) is 2.59. The fraction of sp³-hybridized carbons (Fsp3) is 0.476. The molecule has 0 heterocycles. The van der Waals surface area contributed by atoms with Gasteiger partial charge in [-0.25, -0.2) is 4.79 Å². The molecule has 0 aliphatic heterocycles. The van der Waals surface area contributed by atoms with E-state index in [0.717, 1.165) is 30.6 Å². The number of carbonyl (C=O) groups excluding carboxylic acids is 1. The van der Waals surface area contributed by atoms with Crippen molar-refractivity contribution in [1.29, 1.82) is 0 Å². The Morgan fingerprint density at radius 2 is 2.00 bits per heavy atom. The Bertz CT molecular complexity index is 636. The fourth-order valence-corrected chi connectivity index (χ4v) is 4.07. The Balaban J connectivity index is 2.01. The van der Waals surface area contributed by atoms with Gasteiger partial charge in [-0.3, -0.25) is 0 Å². The Morgan fingerprint density at radius 3 is 2.62 bits per heavy atom. The molecule has 0 bridgehead atoms. The highest BCUT2D eigenvalue weighted by molar-refractivity contribution is 6.70. The molecule has 1 amide bonds. The number of amides is 1. The smallest absolute Gasteiger partial charge is 0.408 e. The summed E-state index contributed by atoms with van der Waals surface area (Å²) in [5, 5.41) is 2.90. The van der Waals surface area contributed by atoms with Crippen molar-refractivity contribution in [3.8, 4) is 0 Å². The van der Waals surface area contributed by atoms with E-state index in [-0.39, 0.29) is 18.1 Å². The van der Waals surface area contributed by atoms with Gasteiger partial charge in [-0.15, -0.1) is 0 Å². The van der Waals surface area contributed by atoms with Crippen LogP contribution in [-0.2, 0) is 9.16 Å². The lowest BCUT2D eigenvalue weighted by atomic mass is 9.89. The van der Waals surface area contributed by atoms with Gasteiger partial charge in [0.15, 0.2) is 0 Å². The maximum Gasteiger partial charge on any atom is 0.408 e. The molecular formula is C21H31NO3Si. The number of benzene rings is 1. The van der Waals surface area contributed by atoms with Crippen LogP contribution in [0.1, 0.15) is 37.8 Å². The molecule has 26 heavy (non-hydrogen) atoms. The third-order valence-corrected chi connectivity index (χ3v) is 5.21. The maximum atomic E-state index is 12.4. The lowest BCUT2D eigenvalue weighted by molar-refractivity contribution is 0.0795. The second kappa shape index (κ2) is 9.08. The number of ether oxygens (including phenoxy) is 1. The van der Waals surface area contributed by atoms with Crippen LogP contribution in [0.15, 0.2) is 54.8 Å². The van der Waals surface area contributed by atoms with E-state index in [0.29, 0.717) is 0 Å². The molecular weight excluding hydrogens is 342 g/mol.